The second-order valence-corrected chi connectivity index (χ2v) is 5.42. The highest BCUT2D eigenvalue weighted by atomic mass is 16.2. The average molecular weight is 289 g/mol. The maximum atomic E-state index is 11.8. The van der Waals surface area contributed by atoms with Crippen molar-refractivity contribution in [2.24, 2.45) is 11.0 Å². The molecule has 2 N–H and O–H groups in total. The van der Waals surface area contributed by atoms with Crippen LogP contribution in [0.25, 0.3) is 0 Å². The van der Waals surface area contributed by atoms with Crippen molar-refractivity contribution in [3.8, 4) is 0 Å². The van der Waals surface area contributed by atoms with Crippen LogP contribution in [0.1, 0.15) is 37.8 Å². The molecule has 1 aromatic rings. The number of hydrogen-bond donors (Lipinski definition) is 2. The molecule has 0 heterocycles. The van der Waals surface area contributed by atoms with E-state index < -0.39 is 0 Å². The maximum Gasteiger partial charge on any atom is 0.240 e. The van der Waals surface area contributed by atoms with E-state index in [2.05, 4.69) is 15.8 Å². The Labute approximate surface area is 125 Å². The summed E-state index contributed by atoms with van der Waals surface area (Å²) in [6.45, 7) is 7.87. The Kier molecular flexibility index (Phi) is 6.59. The Balaban J connectivity index is 2.39. The van der Waals surface area contributed by atoms with Crippen molar-refractivity contribution in [1.29, 1.82) is 0 Å². The minimum atomic E-state index is -0.261. The predicted molar refractivity (Wildman–Crippen MR) is 85.3 cm³/mol. The molecule has 0 aliphatic heterocycles. The maximum absolute atomic E-state index is 11.8. The van der Waals surface area contributed by atoms with Crippen LogP contribution in [0.3, 0.4) is 0 Å². The zero-order valence-corrected chi connectivity index (χ0v) is 13.1. The molecule has 0 unspecified atom stereocenters. The Morgan fingerprint density at radius 2 is 1.86 bits per heavy atom. The molecule has 0 bridgehead atoms. The van der Waals surface area contributed by atoms with Crippen molar-refractivity contribution in [3.05, 3.63) is 29.3 Å². The lowest BCUT2D eigenvalue weighted by atomic mass is 10.1. The van der Waals surface area contributed by atoms with Gasteiger partial charge in [-0.15, -0.1) is 0 Å². The molecule has 0 aromatic heterocycles. The van der Waals surface area contributed by atoms with E-state index in [1.165, 1.54) is 0 Å². The summed E-state index contributed by atoms with van der Waals surface area (Å²) in [6.07, 6.45) is 1.90. The standard InChI is InChI=1S/C16H23N3O2/c1-11(2)10-17-19-16(21)8-7-15(20)18-14-6-5-12(3)9-13(14)4/h5-6,9-11H,7-8H2,1-4H3,(H,18,20)(H,19,21). The first-order chi connectivity index (χ1) is 9.88. The molecule has 0 aliphatic rings. The van der Waals surface area contributed by atoms with Gasteiger partial charge < -0.3 is 5.32 Å². The fourth-order valence-electron chi connectivity index (χ4n) is 1.71. The number of amides is 2. The van der Waals surface area contributed by atoms with Gasteiger partial charge >= 0.3 is 0 Å². The fourth-order valence-corrected chi connectivity index (χ4v) is 1.71. The number of hydrogen-bond acceptors (Lipinski definition) is 3. The minimum absolute atomic E-state index is 0.117. The average Bonchev–Trinajstić information content (AvgIpc) is 2.39. The number of anilines is 1. The molecule has 5 nitrogen and oxygen atoms in total. The molecule has 5 heteroatoms. The largest absolute Gasteiger partial charge is 0.326 e. The van der Waals surface area contributed by atoms with Gasteiger partial charge in [-0.1, -0.05) is 31.5 Å². The summed E-state index contributed by atoms with van der Waals surface area (Å²) in [5, 5.41) is 6.61. The van der Waals surface area contributed by atoms with Crippen molar-refractivity contribution in [1.82, 2.24) is 5.43 Å². The van der Waals surface area contributed by atoms with E-state index in [0.29, 0.717) is 0 Å². The number of nitrogens with one attached hydrogen (secondary N) is 2. The monoisotopic (exact) mass is 289 g/mol. The highest BCUT2D eigenvalue weighted by Gasteiger charge is 2.08. The third kappa shape index (κ3) is 6.70. The minimum Gasteiger partial charge on any atom is -0.326 e. The van der Waals surface area contributed by atoms with Crippen LogP contribution in [-0.4, -0.2) is 18.0 Å². The van der Waals surface area contributed by atoms with Crippen LogP contribution in [0.5, 0.6) is 0 Å². The highest BCUT2D eigenvalue weighted by Crippen LogP contribution is 2.16. The van der Waals surface area contributed by atoms with Gasteiger partial charge in [0.25, 0.3) is 0 Å². The fraction of sp³-hybridized carbons (Fsp3) is 0.438. The third-order valence-corrected chi connectivity index (χ3v) is 2.80. The second-order valence-electron chi connectivity index (χ2n) is 5.42. The molecule has 1 aromatic carbocycles. The molecule has 2 amide bonds. The van der Waals surface area contributed by atoms with Crippen LogP contribution in [0.15, 0.2) is 23.3 Å². The molecule has 0 saturated carbocycles. The topological polar surface area (TPSA) is 70.6 Å². The van der Waals surface area contributed by atoms with Gasteiger partial charge in [-0.05, 0) is 31.4 Å². The van der Waals surface area contributed by atoms with Gasteiger partial charge in [0.1, 0.15) is 0 Å². The summed E-state index contributed by atoms with van der Waals surface area (Å²) >= 11 is 0. The number of carbonyl (C=O) groups is 2. The van der Waals surface area contributed by atoms with E-state index in [0.717, 1.165) is 16.8 Å². The number of benzene rings is 1. The first kappa shape index (κ1) is 16.9. The SMILES string of the molecule is Cc1ccc(NC(=O)CCC(=O)NN=CC(C)C)c(C)c1. The number of nitrogens with zero attached hydrogens (tertiary/aromatic N) is 1. The molecule has 0 fully saturated rings. The van der Waals surface area contributed by atoms with Crippen molar-refractivity contribution in [3.63, 3.8) is 0 Å². The van der Waals surface area contributed by atoms with Gasteiger partial charge in [-0.25, -0.2) is 5.43 Å². The molecular weight excluding hydrogens is 266 g/mol. The van der Waals surface area contributed by atoms with Crippen LogP contribution in [0.2, 0.25) is 0 Å². The van der Waals surface area contributed by atoms with E-state index in [1.54, 1.807) is 6.21 Å². The van der Waals surface area contributed by atoms with Crippen LogP contribution >= 0.6 is 0 Å². The summed E-state index contributed by atoms with van der Waals surface area (Å²) in [5.74, 6) is -0.161. The van der Waals surface area contributed by atoms with E-state index in [1.807, 2.05) is 45.9 Å². The first-order valence-electron chi connectivity index (χ1n) is 7.07. The molecule has 0 radical (unpaired) electrons. The smallest absolute Gasteiger partial charge is 0.240 e. The van der Waals surface area contributed by atoms with E-state index >= 15 is 0 Å². The van der Waals surface area contributed by atoms with Gasteiger partial charge in [-0.3, -0.25) is 9.59 Å². The Morgan fingerprint density at radius 3 is 2.48 bits per heavy atom. The Hall–Kier alpha value is -2.17. The lowest BCUT2D eigenvalue weighted by Crippen LogP contribution is -2.21. The van der Waals surface area contributed by atoms with E-state index in [4.69, 9.17) is 0 Å². The lowest BCUT2D eigenvalue weighted by Gasteiger charge is -2.08. The normalized spacial score (nSPS) is 10.9. The van der Waals surface area contributed by atoms with Crippen molar-refractivity contribution in [2.45, 2.75) is 40.5 Å². The number of hydrazone groups is 1. The van der Waals surface area contributed by atoms with Crippen molar-refractivity contribution in [2.75, 3.05) is 5.32 Å². The lowest BCUT2D eigenvalue weighted by molar-refractivity contribution is -0.124. The zero-order valence-electron chi connectivity index (χ0n) is 13.1. The van der Waals surface area contributed by atoms with E-state index in [9.17, 15) is 9.59 Å². The van der Waals surface area contributed by atoms with Crippen LogP contribution in [0, 0.1) is 19.8 Å². The Bertz CT molecular complexity index is 536. The molecule has 0 atom stereocenters. The van der Waals surface area contributed by atoms with Gasteiger partial charge in [0.2, 0.25) is 11.8 Å². The van der Waals surface area contributed by atoms with Gasteiger partial charge in [0.05, 0.1) is 0 Å². The summed E-state index contributed by atoms with van der Waals surface area (Å²) in [5.41, 5.74) is 5.34. The van der Waals surface area contributed by atoms with Crippen molar-refractivity contribution < 1.29 is 9.59 Å². The number of aryl methyl sites for hydroxylation is 2. The molecule has 21 heavy (non-hydrogen) atoms. The van der Waals surface area contributed by atoms with Gasteiger partial charge in [-0.2, -0.15) is 5.10 Å². The summed E-state index contributed by atoms with van der Waals surface area (Å²) in [4.78, 5) is 23.3. The third-order valence-electron chi connectivity index (χ3n) is 2.80. The summed E-state index contributed by atoms with van der Waals surface area (Å²) in [6, 6.07) is 5.81. The van der Waals surface area contributed by atoms with Crippen LogP contribution in [0.4, 0.5) is 5.69 Å². The summed E-state index contributed by atoms with van der Waals surface area (Å²) in [7, 11) is 0. The quantitative estimate of drug-likeness (QED) is 0.624. The molecule has 0 aliphatic carbocycles. The molecule has 0 spiro atoms. The number of rotatable bonds is 6. The molecular formula is C16H23N3O2. The molecule has 114 valence electrons. The molecule has 1 rings (SSSR count). The summed E-state index contributed by atoms with van der Waals surface area (Å²) < 4.78 is 0. The Morgan fingerprint density at radius 1 is 1.19 bits per heavy atom. The van der Waals surface area contributed by atoms with Crippen molar-refractivity contribution >= 4 is 23.7 Å². The van der Waals surface area contributed by atoms with Crippen LogP contribution < -0.4 is 10.7 Å². The molecule has 0 saturated heterocycles. The number of carbonyl (C=O) groups excluding carboxylic acids is 2. The van der Waals surface area contributed by atoms with Crippen LogP contribution in [-0.2, 0) is 9.59 Å². The van der Waals surface area contributed by atoms with E-state index in [-0.39, 0.29) is 30.6 Å². The van der Waals surface area contributed by atoms with Gasteiger partial charge in [0, 0.05) is 24.7 Å². The first-order valence-corrected chi connectivity index (χ1v) is 7.07. The highest BCUT2D eigenvalue weighted by molar-refractivity contribution is 5.93. The zero-order chi connectivity index (χ0) is 15.8. The second kappa shape index (κ2) is 8.19. The van der Waals surface area contributed by atoms with Gasteiger partial charge in [0.15, 0.2) is 0 Å². The predicted octanol–water partition coefficient (Wildman–Crippen LogP) is 2.78.